The predicted molar refractivity (Wildman–Crippen MR) is 124 cm³/mol. The predicted octanol–water partition coefficient (Wildman–Crippen LogP) is 3.94. The number of ether oxygens (including phenoxy) is 1. The minimum atomic E-state index is -1.14. The van der Waals surface area contributed by atoms with E-state index in [9.17, 15) is 19.2 Å². The topological polar surface area (TPSA) is 113 Å². The molecule has 34 heavy (non-hydrogen) atoms. The first kappa shape index (κ1) is 22.5. The van der Waals surface area contributed by atoms with Crippen molar-refractivity contribution in [1.29, 1.82) is 0 Å². The van der Waals surface area contributed by atoms with E-state index in [1.165, 1.54) is 35.9 Å². The van der Waals surface area contributed by atoms with E-state index in [4.69, 9.17) is 9.84 Å². The fourth-order valence-electron chi connectivity index (χ4n) is 3.32. The normalized spacial score (nSPS) is 14.8. The van der Waals surface area contributed by atoms with Gasteiger partial charge < -0.3 is 9.84 Å². The molecule has 4 rings (SSSR count). The molecule has 0 spiro atoms. The number of hydrogen-bond donors (Lipinski definition) is 2. The van der Waals surface area contributed by atoms with Gasteiger partial charge in [-0.1, -0.05) is 42.0 Å². The first-order chi connectivity index (χ1) is 16.3. The molecule has 1 fully saturated rings. The SMILES string of the molecule is Cc1ccc(COc2ccc(/C=C3\C(=O)NC(=O)N(c4ccc(C(=O)O)cc4)C3=O)cc2)cc1. The van der Waals surface area contributed by atoms with E-state index in [0.29, 0.717) is 17.9 Å². The average molecular weight is 456 g/mol. The van der Waals surface area contributed by atoms with Gasteiger partial charge in [-0.2, -0.15) is 0 Å². The molecule has 0 unspecified atom stereocenters. The second-order valence-corrected chi connectivity index (χ2v) is 7.65. The third-order valence-electron chi connectivity index (χ3n) is 5.19. The summed E-state index contributed by atoms with van der Waals surface area (Å²) in [7, 11) is 0. The number of rotatable bonds is 6. The zero-order valence-corrected chi connectivity index (χ0v) is 18.1. The van der Waals surface area contributed by atoms with Crippen LogP contribution in [0.25, 0.3) is 6.08 Å². The molecule has 3 aromatic carbocycles. The number of hydrogen-bond acceptors (Lipinski definition) is 5. The number of barbiturate groups is 1. The van der Waals surface area contributed by atoms with E-state index in [0.717, 1.165) is 10.5 Å². The number of urea groups is 1. The highest BCUT2D eigenvalue weighted by molar-refractivity contribution is 6.39. The van der Waals surface area contributed by atoms with Gasteiger partial charge in [0.1, 0.15) is 17.9 Å². The molecule has 0 atom stereocenters. The van der Waals surface area contributed by atoms with Gasteiger partial charge in [0, 0.05) is 0 Å². The molecule has 1 heterocycles. The Morgan fingerprint density at radius 3 is 2.21 bits per heavy atom. The molecule has 2 N–H and O–H groups in total. The molecule has 0 bridgehead atoms. The fraction of sp³-hybridized carbons (Fsp3) is 0.0769. The van der Waals surface area contributed by atoms with Gasteiger partial charge in [0.15, 0.2) is 0 Å². The third-order valence-corrected chi connectivity index (χ3v) is 5.19. The average Bonchev–Trinajstić information content (AvgIpc) is 2.82. The van der Waals surface area contributed by atoms with Crippen molar-refractivity contribution in [2.24, 2.45) is 0 Å². The summed E-state index contributed by atoms with van der Waals surface area (Å²) in [6, 6.07) is 19.1. The van der Waals surface area contributed by atoms with Gasteiger partial charge >= 0.3 is 12.0 Å². The second-order valence-electron chi connectivity index (χ2n) is 7.65. The van der Waals surface area contributed by atoms with Gasteiger partial charge in [-0.3, -0.25) is 14.9 Å². The molecule has 4 amide bonds. The van der Waals surface area contributed by atoms with Crippen LogP contribution in [0.15, 0.2) is 78.4 Å². The van der Waals surface area contributed by atoms with E-state index >= 15 is 0 Å². The van der Waals surface area contributed by atoms with Gasteiger partial charge in [-0.25, -0.2) is 14.5 Å². The van der Waals surface area contributed by atoms with Crippen LogP contribution in [0.5, 0.6) is 5.75 Å². The smallest absolute Gasteiger partial charge is 0.335 e. The summed E-state index contributed by atoms with van der Waals surface area (Å²) in [6.45, 7) is 2.42. The number of carbonyl (C=O) groups is 4. The summed E-state index contributed by atoms with van der Waals surface area (Å²) in [5, 5.41) is 11.2. The highest BCUT2D eigenvalue weighted by Crippen LogP contribution is 2.23. The molecule has 1 aliphatic rings. The number of aryl methyl sites for hydroxylation is 1. The molecule has 170 valence electrons. The minimum Gasteiger partial charge on any atom is -0.489 e. The van der Waals surface area contributed by atoms with Gasteiger partial charge in [-0.15, -0.1) is 0 Å². The van der Waals surface area contributed by atoms with Crippen LogP contribution < -0.4 is 15.0 Å². The lowest BCUT2D eigenvalue weighted by Crippen LogP contribution is -2.54. The molecule has 0 saturated carbocycles. The van der Waals surface area contributed by atoms with Crippen LogP contribution in [0.2, 0.25) is 0 Å². The van der Waals surface area contributed by atoms with Gasteiger partial charge in [0.05, 0.1) is 11.3 Å². The Labute approximate surface area is 195 Å². The molecule has 0 aromatic heterocycles. The molecule has 8 heteroatoms. The number of imide groups is 2. The third kappa shape index (κ3) is 4.86. The maximum absolute atomic E-state index is 13.0. The van der Waals surface area contributed by atoms with Crippen LogP contribution >= 0.6 is 0 Å². The molecule has 1 aliphatic heterocycles. The van der Waals surface area contributed by atoms with Crippen LogP contribution in [0.3, 0.4) is 0 Å². The first-order valence-electron chi connectivity index (χ1n) is 10.3. The largest absolute Gasteiger partial charge is 0.489 e. The molecule has 0 aliphatic carbocycles. The minimum absolute atomic E-state index is 0.00476. The summed E-state index contributed by atoms with van der Waals surface area (Å²) in [5.41, 5.74) is 2.69. The molecular formula is C26H20N2O6. The Morgan fingerprint density at radius 1 is 0.941 bits per heavy atom. The van der Waals surface area contributed by atoms with Crippen molar-refractivity contribution >= 4 is 35.6 Å². The van der Waals surface area contributed by atoms with Crippen LogP contribution in [-0.2, 0) is 16.2 Å². The second kappa shape index (κ2) is 9.41. The summed E-state index contributed by atoms with van der Waals surface area (Å²) in [5.74, 6) is -2.13. The van der Waals surface area contributed by atoms with Crippen molar-refractivity contribution < 1.29 is 29.0 Å². The summed E-state index contributed by atoms with van der Waals surface area (Å²) < 4.78 is 5.77. The number of nitrogens with zero attached hydrogens (tertiary/aromatic N) is 1. The Kier molecular flexibility index (Phi) is 6.22. The van der Waals surface area contributed by atoms with Crippen molar-refractivity contribution in [2.45, 2.75) is 13.5 Å². The number of amides is 4. The number of benzene rings is 3. The van der Waals surface area contributed by atoms with E-state index < -0.39 is 23.8 Å². The summed E-state index contributed by atoms with van der Waals surface area (Å²) >= 11 is 0. The molecule has 1 saturated heterocycles. The molecular weight excluding hydrogens is 436 g/mol. The standard InChI is InChI=1S/C26H20N2O6/c1-16-2-4-18(5-3-16)15-34-21-12-6-17(7-13-21)14-22-23(29)27-26(33)28(24(22)30)20-10-8-19(9-11-20)25(31)32/h2-14H,15H2,1H3,(H,31,32)(H,27,29,33)/b22-14+. The van der Waals surface area contributed by atoms with Crippen molar-refractivity contribution in [1.82, 2.24) is 5.32 Å². The van der Waals surface area contributed by atoms with E-state index in [1.807, 2.05) is 31.2 Å². The summed E-state index contributed by atoms with van der Waals surface area (Å²) in [6.07, 6.45) is 1.38. The van der Waals surface area contributed by atoms with Crippen molar-refractivity contribution in [3.05, 3.63) is 101 Å². The van der Waals surface area contributed by atoms with Gasteiger partial charge in [0.2, 0.25) is 0 Å². The highest BCUT2D eigenvalue weighted by Gasteiger charge is 2.36. The number of nitrogens with one attached hydrogen (secondary N) is 1. The zero-order chi connectivity index (χ0) is 24.2. The van der Waals surface area contributed by atoms with Crippen LogP contribution in [0.4, 0.5) is 10.5 Å². The van der Waals surface area contributed by atoms with Gasteiger partial charge in [0.25, 0.3) is 11.8 Å². The molecule has 8 nitrogen and oxygen atoms in total. The van der Waals surface area contributed by atoms with Crippen molar-refractivity contribution in [3.63, 3.8) is 0 Å². The van der Waals surface area contributed by atoms with E-state index in [-0.39, 0.29) is 16.8 Å². The first-order valence-corrected chi connectivity index (χ1v) is 10.3. The Morgan fingerprint density at radius 2 is 1.59 bits per heavy atom. The lowest BCUT2D eigenvalue weighted by molar-refractivity contribution is -0.122. The zero-order valence-electron chi connectivity index (χ0n) is 18.1. The fourth-order valence-corrected chi connectivity index (χ4v) is 3.32. The van der Waals surface area contributed by atoms with Gasteiger partial charge in [-0.05, 0) is 60.5 Å². The number of aromatic carboxylic acids is 1. The van der Waals surface area contributed by atoms with Crippen molar-refractivity contribution in [3.8, 4) is 5.75 Å². The molecule has 0 radical (unpaired) electrons. The lowest BCUT2D eigenvalue weighted by Gasteiger charge is -2.26. The van der Waals surface area contributed by atoms with Crippen molar-refractivity contribution in [2.75, 3.05) is 4.90 Å². The van der Waals surface area contributed by atoms with E-state index in [2.05, 4.69) is 5.32 Å². The maximum Gasteiger partial charge on any atom is 0.335 e. The maximum atomic E-state index is 13.0. The number of carboxylic acid groups (broad SMARTS) is 1. The Hall–Kier alpha value is -4.72. The number of carboxylic acids is 1. The quantitative estimate of drug-likeness (QED) is 0.429. The Balaban J connectivity index is 1.51. The number of anilines is 1. The molecule has 3 aromatic rings. The summed E-state index contributed by atoms with van der Waals surface area (Å²) in [4.78, 5) is 49.4. The Bertz CT molecular complexity index is 1290. The van der Waals surface area contributed by atoms with Crippen LogP contribution in [0.1, 0.15) is 27.0 Å². The lowest BCUT2D eigenvalue weighted by atomic mass is 10.1. The van der Waals surface area contributed by atoms with E-state index in [1.54, 1.807) is 24.3 Å². The monoisotopic (exact) mass is 456 g/mol. The van der Waals surface area contributed by atoms with Crippen LogP contribution in [0, 0.1) is 6.92 Å². The van der Waals surface area contributed by atoms with Crippen LogP contribution in [-0.4, -0.2) is 28.9 Å². The highest BCUT2D eigenvalue weighted by atomic mass is 16.5. The number of carbonyl (C=O) groups excluding carboxylic acids is 3.